The van der Waals surface area contributed by atoms with E-state index in [1.807, 2.05) is 0 Å². The first-order chi connectivity index (χ1) is 59.5. The molecular formula is C114H72BN3O2. The van der Waals surface area contributed by atoms with Crippen molar-refractivity contribution in [2.24, 2.45) is 0 Å². The van der Waals surface area contributed by atoms with Crippen molar-refractivity contribution >= 4 is 123 Å². The molecule has 5 heterocycles. The Bertz CT molecular complexity index is 7240. The number of anilines is 6. The van der Waals surface area contributed by atoms with Crippen LogP contribution in [0.15, 0.2) is 446 Å². The van der Waals surface area contributed by atoms with Crippen molar-refractivity contribution in [3.8, 4) is 117 Å². The fraction of sp³-hybridized carbons (Fsp3) is 0. The second kappa shape index (κ2) is 28.0. The van der Waals surface area contributed by atoms with E-state index in [4.69, 9.17) is 8.83 Å². The summed E-state index contributed by atoms with van der Waals surface area (Å²) in [6.07, 6.45) is 0. The van der Waals surface area contributed by atoms with Gasteiger partial charge in [0.25, 0.3) is 6.71 Å². The van der Waals surface area contributed by atoms with E-state index in [1.54, 1.807) is 0 Å². The highest BCUT2D eigenvalue weighted by Crippen LogP contribution is 2.55. The summed E-state index contributed by atoms with van der Waals surface area (Å²) >= 11 is 0. The molecular weight excluding hydrogens is 1450 g/mol. The van der Waals surface area contributed by atoms with E-state index in [0.29, 0.717) is 0 Å². The van der Waals surface area contributed by atoms with Gasteiger partial charge in [-0.05, 0) is 190 Å². The van der Waals surface area contributed by atoms with Crippen molar-refractivity contribution in [3.05, 3.63) is 437 Å². The van der Waals surface area contributed by atoms with Gasteiger partial charge in [-0.3, -0.25) is 0 Å². The highest BCUT2D eigenvalue weighted by molar-refractivity contribution is 7.00. The van der Waals surface area contributed by atoms with Crippen LogP contribution in [0.25, 0.3) is 183 Å². The van der Waals surface area contributed by atoms with Crippen LogP contribution in [0.4, 0.5) is 34.1 Å². The molecule has 2 aliphatic heterocycles. The number of rotatable bonds is 13. The molecule has 0 radical (unpaired) electrons. The van der Waals surface area contributed by atoms with Crippen LogP contribution in [-0.2, 0) is 0 Å². The third kappa shape index (κ3) is 11.3. The average molecular weight is 1530 g/mol. The van der Waals surface area contributed by atoms with Crippen molar-refractivity contribution < 1.29 is 8.83 Å². The number of furan rings is 2. The highest BCUT2D eigenvalue weighted by Gasteiger charge is 2.46. The van der Waals surface area contributed by atoms with Gasteiger partial charge < -0.3 is 23.2 Å². The van der Waals surface area contributed by atoms with Crippen molar-refractivity contribution in [2.75, 3.05) is 9.80 Å². The van der Waals surface area contributed by atoms with Crippen LogP contribution in [-0.4, -0.2) is 11.3 Å². The summed E-state index contributed by atoms with van der Waals surface area (Å²) in [4.78, 5) is 5.37. The molecule has 3 aromatic heterocycles. The van der Waals surface area contributed by atoms with Crippen LogP contribution >= 0.6 is 0 Å². The van der Waals surface area contributed by atoms with Crippen LogP contribution in [0.3, 0.4) is 0 Å². The zero-order valence-corrected chi connectivity index (χ0v) is 65.3. The highest BCUT2D eigenvalue weighted by atomic mass is 16.3. The lowest BCUT2D eigenvalue weighted by molar-refractivity contribution is 0.668. The number of hydrogen-bond donors (Lipinski definition) is 0. The number of aromatic nitrogens is 1. The maximum Gasteiger partial charge on any atom is 0.252 e. The van der Waals surface area contributed by atoms with Gasteiger partial charge in [0.1, 0.15) is 22.3 Å². The lowest BCUT2D eigenvalue weighted by atomic mass is 9.33. The minimum Gasteiger partial charge on any atom is -0.456 e. The van der Waals surface area contributed by atoms with Gasteiger partial charge in [-0.2, -0.15) is 0 Å². The molecule has 0 bridgehead atoms. The monoisotopic (exact) mass is 1530 g/mol. The first kappa shape index (κ1) is 68.6. The Balaban J connectivity index is 0.853. The maximum atomic E-state index is 6.76. The van der Waals surface area contributed by atoms with Crippen molar-refractivity contribution in [1.82, 2.24) is 4.57 Å². The van der Waals surface area contributed by atoms with Gasteiger partial charge in [0.2, 0.25) is 0 Å². The molecule has 558 valence electrons. The second-order valence-electron chi connectivity index (χ2n) is 31.7. The topological polar surface area (TPSA) is 37.7 Å². The fourth-order valence-corrected chi connectivity index (χ4v) is 19.4. The molecule has 2 aliphatic rings. The molecule has 0 amide bonds. The number of fused-ring (bicyclic) bond motifs is 13. The molecule has 19 aromatic carbocycles. The molecule has 0 saturated heterocycles. The standard InChI is InChI=1S/C114H72BN3O2/c1-9-27-73(28-10-1)81-51-59-108-96(63-81)98-65-83(53-61-110(98)119-108)87-49-57-100-104(69-87)117(113-90(77-35-17-5-18-36-77)43-25-44-91(113)78-37-19-6-20-38-78)106-71-89(116-102-67-85(75-31-13-3-14-32-75)47-55-94(102)95-56-48-86(68-103(95)116)76-33-15-4-16-34-76)72-107-112(106)115(100)101-58-50-88(84-54-62-111-99(66-84)97-64-82(52-60-109(97)120-111)74-29-11-2-12-30-74)70-105(101)118(107)114-92(79-39-21-7-22-40-79)45-26-46-93(114)80-41-23-8-24-42-80/h1-72H. The first-order valence-electron chi connectivity index (χ1n) is 41.3. The van der Waals surface area contributed by atoms with E-state index < -0.39 is 0 Å². The average Bonchev–Trinajstić information content (AvgIpc) is 0.738. The predicted molar refractivity (Wildman–Crippen MR) is 504 cm³/mol. The fourth-order valence-electron chi connectivity index (χ4n) is 19.4. The molecule has 0 saturated carbocycles. The Hall–Kier alpha value is -15.8. The van der Waals surface area contributed by atoms with E-state index in [1.165, 1.54) is 16.4 Å². The summed E-state index contributed by atoms with van der Waals surface area (Å²) in [5.41, 5.74) is 38.8. The van der Waals surface area contributed by atoms with E-state index >= 15 is 0 Å². The van der Waals surface area contributed by atoms with Crippen molar-refractivity contribution in [3.63, 3.8) is 0 Å². The van der Waals surface area contributed by atoms with Gasteiger partial charge in [-0.1, -0.05) is 352 Å². The Labute approximate surface area is 695 Å². The van der Waals surface area contributed by atoms with Gasteiger partial charge in [0.05, 0.1) is 28.1 Å². The van der Waals surface area contributed by atoms with Crippen LogP contribution in [0.2, 0.25) is 0 Å². The molecule has 0 atom stereocenters. The van der Waals surface area contributed by atoms with E-state index in [0.717, 1.165) is 217 Å². The lowest BCUT2D eigenvalue weighted by Crippen LogP contribution is -2.61. The van der Waals surface area contributed by atoms with E-state index in [2.05, 4.69) is 451 Å². The third-order valence-corrected chi connectivity index (χ3v) is 25.0. The van der Waals surface area contributed by atoms with Gasteiger partial charge in [-0.15, -0.1) is 0 Å². The quantitative estimate of drug-likeness (QED) is 0.108. The zero-order valence-electron chi connectivity index (χ0n) is 65.3. The summed E-state index contributed by atoms with van der Waals surface area (Å²) < 4.78 is 16.1. The Kier molecular flexibility index (Phi) is 16.0. The maximum absolute atomic E-state index is 6.76. The SMILES string of the molecule is c1ccc(-c2ccc3oc4ccc(-c5ccc6c(c5)N(c5c(-c7ccccc7)cccc5-c5ccccc5)c5cc(-n7c8cc(-c9ccccc9)ccc8c8ccc(-c9ccccc9)cc87)cc7c5B6c5ccc(-c6ccc8oc9ccc(-c%10ccccc%10)cc9c8c6)cc5N7c5c(-c6ccccc6)cccc5-c5ccccc5)cc4c3c2)cc1. The Morgan fingerprint density at radius 2 is 0.442 bits per heavy atom. The number of benzene rings is 19. The minimum absolute atomic E-state index is 0.335. The molecule has 0 N–H and O–H groups in total. The summed E-state index contributed by atoms with van der Waals surface area (Å²) in [5.74, 6) is 0. The number of hydrogen-bond acceptors (Lipinski definition) is 4. The van der Waals surface area contributed by atoms with Crippen LogP contribution in [0, 0.1) is 0 Å². The normalized spacial score (nSPS) is 12.3. The number of para-hydroxylation sites is 2. The molecule has 0 fully saturated rings. The largest absolute Gasteiger partial charge is 0.456 e. The van der Waals surface area contributed by atoms with Crippen LogP contribution in [0.1, 0.15) is 0 Å². The van der Waals surface area contributed by atoms with Crippen LogP contribution < -0.4 is 26.2 Å². The van der Waals surface area contributed by atoms with E-state index in [-0.39, 0.29) is 6.71 Å². The summed E-state index contributed by atoms with van der Waals surface area (Å²) in [7, 11) is 0. The van der Waals surface area contributed by atoms with Crippen molar-refractivity contribution in [1.29, 1.82) is 0 Å². The molecule has 0 spiro atoms. The van der Waals surface area contributed by atoms with Gasteiger partial charge in [0.15, 0.2) is 0 Å². The number of nitrogens with zero attached hydrogens (tertiary/aromatic N) is 3. The molecule has 24 rings (SSSR count). The Morgan fingerprint density at radius 3 is 0.750 bits per heavy atom. The van der Waals surface area contributed by atoms with Crippen molar-refractivity contribution in [2.45, 2.75) is 0 Å². The summed E-state index contributed by atoms with van der Waals surface area (Å²) in [6.45, 7) is -0.335. The van der Waals surface area contributed by atoms with E-state index in [9.17, 15) is 0 Å². The second-order valence-corrected chi connectivity index (χ2v) is 31.7. The van der Waals surface area contributed by atoms with Gasteiger partial charge in [0, 0.05) is 77.3 Å². The molecule has 6 heteroatoms. The Morgan fingerprint density at radius 1 is 0.183 bits per heavy atom. The molecule has 22 aromatic rings. The lowest BCUT2D eigenvalue weighted by Gasteiger charge is -2.46. The van der Waals surface area contributed by atoms with Gasteiger partial charge in [-0.25, -0.2) is 0 Å². The smallest absolute Gasteiger partial charge is 0.252 e. The third-order valence-electron chi connectivity index (χ3n) is 25.0. The van der Waals surface area contributed by atoms with Gasteiger partial charge >= 0.3 is 0 Å². The molecule has 0 aliphatic carbocycles. The minimum atomic E-state index is -0.335. The predicted octanol–water partition coefficient (Wildman–Crippen LogP) is 29.3. The summed E-state index contributed by atoms with van der Waals surface area (Å²) in [5, 5.41) is 6.59. The molecule has 0 unspecified atom stereocenters. The zero-order chi connectivity index (χ0) is 78.9. The van der Waals surface area contributed by atoms with Crippen LogP contribution in [0.5, 0.6) is 0 Å². The molecule has 5 nitrogen and oxygen atoms in total. The molecule has 120 heavy (non-hydrogen) atoms. The first-order valence-corrected chi connectivity index (χ1v) is 41.3. The summed E-state index contributed by atoms with van der Waals surface area (Å²) in [6, 6.07) is 162.